The highest BCUT2D eigenvalue weighted by Gasteiger charge is 2.25. The maximum absolute atomic E-state index is 13.3. The first-order valence-corrected chi connectivity index (χ1v) is 11.9. The van der Waals surface area contributed by atoms with Crippen LogP contribution in [0.25, 0.3) is 0 Å². The summed E-state index contributed by atoms with van der Waals surface area (Å²) in [6.07, 6.45) is 2.78. The number of aromatic nitrogens is 1. The Kier molecular flexibility index (Phi) is 7.59. The van der Waals surface area contributed by atoms with Crippen LogP contribution in [0.15, 0.2) is 85.2 Å². The highest BCUT2D eigenvalue weighted by molar-refractivity contribution is 5.94. The maximum atomic E-state index is 13.3. The normalized spacial score (nSPS) is 17.0. The molecule has 4 rings (SSSR count). The van der Waals surface area contributed by atoms with Crippen LogP contribution >= 0.6 is 0 Å². The number of likely N-dealkylation sites (N-methyl/N-ethyl adjacent to an activating group) is 1. The lowest BCUT2D eigenvalue weighted by molar-refractivity contribution is -0.118. The number of nitrogens with one attached hydrogen (secondary N) is 2. The molecule has 1 aromatic heterocycles. The van der Waals surface area contributed by atoms with Crippen LogP contribution in [0.2, 0.25) is 0 Å². The van der Waals surface area contributed by atoms with Crippen LogP contribution in [0.1, 0.15) is 53.5 Å². The Bertz CT molecular complexity index is 1200. The molecule has 178 valence electrons. The quantitative estimate of drug-likeness (QED) is 0.492. The molecular weight excluding hydrogens is 434 g/mol. The molecule has 3 aromatic rings. The Morgan fingerprint density at radius 3 is 2.49 bits per heavy atom. The van der Waals surface area contributed by atoms with Gasteiger partial charge in [0.2, 0.25) is 5.91 Å². The summed E-state index contributed by atoms with van der Waals surface area (Å²) in [5.74, 6) is 0.926. The number of likely N-dealkylation sites (tertiary alicyclic amines) is 1. The van der Waals surface area contributed by atoms with Gasteiger partial charge < -0.3 is 15.5 Å². The maximum Gasteiger partial charge on any atom is 0.247 e. The van der Waals surface area contributed by atoms with Gasteiger partial charge in [0.1, 0.15) is 11.9 Å². The number of hydrogen-bond donors (Lipinski definition) is 2. The monoisotopic (exact) mass is 465 g/mol. The number of nitrogens with zero attached hydrogens (tertiary/aromatic N) is 3. The van der Waals surface area contributed by atoms with Gasteiger partial charge in [0.05, 0.1) is 11.6 Å². The highest BCUT2D eigenvalue weighted by atomic mass is 16.2. The Morgan fingerprint density at radius 1 is 1.14 bits per heavy atom. The zero-order valence-electron chi connectivity index (χ0n) is 20.2. The fraction of sp³-hybridized carbons (Fsp3) is 0.276. The molecule has 1 aliphatic heterocycles. The van der Waals surface area contributed by atoms with Crippen molar-refractivity contribution in [3.8, 4) is 6.07 Å². The van der Waals surface area contributed by atoms with Crippen molar-refractivity contribution < 1.29 is 4.79 Å². The topological polar surface area (TPSA) is 81.0 Å². The molecule has 2 heterocycles. The van der Waals surface area contributed by atoms with E-state index >= 15 is 0 Å². The molecule has 2 N–H and O–H groups in total. The summed E-state index contributed by atoms with van der Waals surface area (Å²) in [5.41, 5.74) is 4.93. The summed E-state index contributed by atoms with van der Waals surface area (Å²) in [6.45, 7) is 7.74. The second-order valence-corrected chi connectivity index (χ2v) is 9.20. The second-order valence-electron chi connectivity index (χ2n) is 9.20. The van der Waals surface area contributed by atoms with Gasteiger partial charge in [0.15, 0.2) is 0 Å². The number of allylic oxidation sites excluding steroid dienone is 1. The smallest absolute Gasteiger partial charge is 0.247 e. The predicted octanol–water partition coefficient (Wildman–Crippen LogP) is 4.96. The van der Waals surface area contributed by atoms with Crippen molar-refractivity contribution in [2.24, 2.45) is 0 Å². The molecule has 35 heavy (non-hydrogen) atoms. The molecule has 2 aromatic carbocycles. The van der Waals surface area contributed by atoms with Crippen LogP contribution < -0.4 is 10.6 Å². The van der Waals surface area contributed by atoms with Crippen LogP contribution in [0.4, 0.5) is 5.82 Å². The first-order chi connectivity index (χ1) is 16.9. The van der Waals surface area contributed by atoms with Crippen molar-refractivity contribution in [2.45, 2.75) is 31.2 Å². The number of carbonyl (C=O) groups is 1. The van der Waals surface area contributed by atoms with E-state index in [9.17, 15) is 4.79 Å². The minimum absolute atomic E-state index is 0.155. The van der Waals surface area contributed by atoms with Gasteiger partial charge in [-0.15, -0.1) is 0 Å². The van der Waals surface area contributed by atoms with E-state index < -0.39 is 6.04 Å². The van der Waals surface area contributed by atoms with E-state index in [1.165, 1.54) is 0 Å². The van der Waals surface area contributed by atoms with E-state index in [-0.39, 0.29) is 11.8 Å². The van der Waals surface area contributed by atoms with Gasteiger partial charge in [-0.2, -0.15) is 5.26 Å². The lowest BCUT2D eigenvalue weighted by Gasteiger charge is -2.21. The molecule has 1 unspecified atom stereocenters. The molecule has 1 saturated heterocycles. The molecule has 0 radical (unpaired) electrons. The zero-order chi connectivity index (χ0) is 24.8. The van der Waals surface area contributed by atoms with Crippen molar-refractivity contribution >= 4 is 11.7 Å². The summed E-state index contributed by atoms with van der Waals surface area (Å²) in [5, 5.41) is 15.4. The lowest BCUT2D eigenvalue weighted by Crippen LogP contribution is -2.35. The average Bonchev–Trinajstić information content (AvgIpc) is 3.23. The molecule has 0 aliphatic carbocycles. The molecule has 1 aliphatic rings. The Morgan fingerprint density at radius 2 is 1.89 bits per heavy atom. The summed E-state index contributed by atoms with van der Waals surface area (Å²) >= 11 is 0. The first kappa shape index (κ1) is 24.2. The van der Waals surface area contributed by atoms with Gasteiger partial charge in [-0.25, -0.2) is 4.98 Å². The van der Waals surface area contributed by atoms with Gasteiger partial charge in [-0.1, -0.05) is 62.0 Å². The molecule has 3 atom stereocenters. The standard InChI is InChI=1S/C29H31N5O/c1-20(23-11-9-22(16-30)10-12-23)17-32-28(24-7-5-4-6-8-24)29(35)33-27-14-13-25(18-31-27)26-15-21(2)34(3)19-26/h4-14,18,20,26,28,32H,2,15,17,19H2,1,3H3,(H,31,33,35)/t20-,26?,28+/m1/s1. The van der Waals surface area contributed by atoms with Crippen molar-refractivity contribution in [1.29, 1.82) is 5.26 Å². The van der Waals surface area contributed by atoms with Gasteiger partial charge in [0.25, 0.3) is 0 Å². The number of amides is 1. The van der Waals surface area contributed by atoms with Gasteiger partial charge in [0, 0.05) is 37.9 Å². The SMILES string of the molecule is C=C1CC(c2ccc(NC(=O)[C@@H](NC[C@@H](C)c3ccc(C#N)cc3)c3ccccc3)nc2)CN1C. The molecule has 6 heteroatoms. The van der Waals surface area contributed by atoms with Gasteiger partial charge in [-0.3, -0.25) is 4.79 Å². The second kappa shape index (κ2) is 11.0. The summed E-state index contributed by atoms with van der Waals surface area (Å²) in [6, 6.07) is 22.8. The minimum atomic E-state index is -0.523. The Hall–Kier alpha value is -3.95. The van der Waals surface area contributed by atoms with E-state index in [1.54, 1.807) is 0 Å². The summed E-state index contributed by atoms with van der Waals surface area (Å²) < 4.78 is 0. The number of anilines is 1. The molecule has 0 spiro atoms. The third-order valence-corrected chi connectivity index (χ3v) is 6.66. The molecule has 1 amide bonds. The third kappa shape index (κ3) is 5.95. The van der Waals surface area contributed by atoms with E-state index in [1.807, 2.05) is 72.9 Å². The largest absolute Gasteiger partial charge is 0.378 e. The zero-order valence-corrected chi connectivity index (χ0v) is 20.2. The van der Waals surface area contributed by atoms with Gasteiger partial charge >= 0.3 is 0 Å². The van der Waals surface area contributed by atoms with Crippen LogP contribution in [0.3, 0.4) is 0 Å². The number of nitriles is 1. The molecule has 0 bridgehead atoms. The highest BCUT2D eigenvalue weighted by Crippen LogP contribution is 2.32. The molecule has 0 saturated carbocycles. The number of rotatable bonds is 8. The van der Waals surface area contributed by atoms with Crippen LogP contribution in [-0.2, 0) is 4.79 Å². The molecule has 6 nitrogen and oxygen atoms in total. The van der Waals surface area contributed by atoms with Crippen molar-refractivity contribution in [3.05, 3.63) is 107 Å². The van der Waals surface area contributed by atoms with E-state index in [0.29, 0.717) is 23.8 Å². The minimum Gasteiger partial charge on any atom is -0.378 e. The fourth-order valence-electron chi connectivity index (χ4n) is 4.41. The molecule has 1 fully saturated rings. The lowest BCUT2D eigenvalue weighted by atomic mass is 9.98. The number of benzene rings is 2. The van der Waals surface area contributed by atoms with E-state index in [2.05, 4.69) is 47.1 Å². The van der Waals surface area contributed by atoms with Crippen LogP contribution in [0, 0.1) is 11.3 Å². The molecular formula is C29H31N5O. The Labute approximate surface area is 207 Å². The van der Waals surface area contributed by atoms with E-state index in [4.69, 9.17) is 5.26 Å². The van der Waals surface area contributed by atoms with E-state index in [0.717, 1.165) is 35.4 Å². The number of hydrogen-bond acceptors (Lipinski definition) is 5. The van der Waals surface area contributed by atoms with Crippen LogP contribution in [0.5, 0.6) is 0 Å². The Balaban J connectivity index is 1.43. The first-order valence-electron chi connectivity index (χ1n) is 11.9. The van der Waals surface area contributed by atoms with Crippen molar-refractivity contribution in [1.82, 2.24) is 15.2 Å². The summed E-state index contributed by atoms with van der Waals surface area (Å²) in [4.78, 5) is 20.0. The predicted molar refractivity (Wildman–Crippen MR) is 139 cm³/mol. The van der Waals surface area contributed by atoms with Gasteiger partial charge in [-0.05, 0) is 47.2 Å². The summed E-state index contributed by atoms with van der Waals surface area (Å²) in [7, 11) is 2.06. The number of carbonyl (C=O) groups excluding carboxylic acids is 1. The average molecular weight is 466 g/mol. The fourth-order valence-corrected chi connectivity index (χ4v) is 4.41. The van der Waals surface area contributed by atoms with Crippen molar-refractivity contribution in [3.63, 3.8) is 0 Å². The third-order valence-electron chi connectivity index (χ3n) is 6.66. The van der Waals surface area contributed by atoms with Crippen molar-refractivity contribution in [2.75, 3.05) is 25.5 Å². The van der Waals surface area contributed by atoms with Crippen LogP contribution in [-0.4, -0.2) is 35.9 Å². The number of pyridine rings is 1.